The minimum Gasteiger partial charge on any atom is -0.469 e. The fraction of sp³-hybridized carbons (Fsp3) is 0.188. The number of rotatable bonds is 3. The van der Waals surface area contributed by atoms with Gasteiger partial charge in [-0.05, 0) is 31.2 Å². The Morgan fingerprint density at radius 3 is 2.84 bits per heavy atom. The predicted octanol–water partition coefficient (Wildman–Crippen LogP) is 4.13. The summed E-state index contributed by atoms with van der Waals surface area (Å²) in [5.41, 5.74) is 2.46. The van der Waals surface area contributed by atoms with Crippen LogP contribution in [0.2, 0.25) is 0 Å². The summed E-state index contributed by atoms with van der Waals surface area (Å²) in [6, 6.07) is 9.34. The lowest BCUT2D eigenvalue weighted by Crippen LogP contribution is -2.00. The molecule has 0 radical (unpaired) electrons. The number of ketones is 1. The minimum absolute atomic E-state index is 0.126. The van der Waals surface area contributed by atoms with Gasteiger partial charge in [0.05, 0.1) is 11.8 Å². The molecular formula is C16H14O3. The molecule has 19 heavy (non-hydrogen) atoms. The average molecular weight is 254 g/mol. The zero-order valence-corrected chi connectivity index (χ0v) is 10.9. The topological polar surface area (TPSA) is 43.4 Å². The van der Waals surface area contributed by atoms with Crippen molar-refractivity contribution >= 4 is 16.8 Å². The van der Waals surface area contributed by atoms with E-state index < -0.39 is 0 Å². The Balaban J connectivity index is 2.07. The normalized spacial score (nSPS) is 11.1. The monoisotopic (exact) mass is 254 g/mol. The molecule has 0 fully saturated rings. The summed E-state index contributed by atoms with van der Waals surface area (Å²) >= 11 is 0. The van der Waals surface area contributed by atoms with E-state index in [2.05, 4.69) is 0 Å². The summed E-state index contributed by atoms with van der Waals surface area (Å²) in [7, 11) is 0. The van der Waals surface area contributed by atoms with Crippen molar-refractivity contribution < 1.29 is 13.6 Å². The van der Waals surface area contributed by atoms with Crippen LogP contribution >= 0.6 is 0 Å². The van der Waals surface area contributed by atoms with E-state index in [9.17, 15) is 4.79 Å². The van der Waals surface area contributed by atoms with E-state index in [0.29, 0.717) is 23.5 Å². The molecule has 0 atom stereocenters. The number of fused-ring (bicyclic) bond motifs is 1. The quantitative estimate of drug-likeness (QED) is 0.660. The van der Waals surface area contributed by atoms with E-state index in [0.717, 1.165) is 16.5 Å². The number of hydrogen-bond acceptors (Lipinski definition) is 3. The highest BCUT2D eigenvalue weighted by Crippen LogP contribution is 2.24. The Hall–Kier alpha value is -2.29. The van der Waals surface area contributed by atoms with Crippen LogP contribution in [0.5, 0.6) is 0 Å². The van der Waals surface area contributed by atoms with Gasteiger partial charge in [0, 0.05) is 11.8 Å². The number of carbonyl (C=O) groups excluding carboxylic acids is 1. The van der Waals surface area contributed by atoms with Crippen LogP contribution in [-0.4, -0.2) is 5.78 Å². The van der Waals surface area contributed by atoms with Crippen molar-refractivity contribution in [3.63, 3.8) is 0 Å². The lowest BCUT2D eigenvalue weighted by atomic mass is 10.1. The highest BCUT2D eigenvalue weighted by molar-refractivity contribution is 6.09. The molecule has 0 aliphatic carbocycles. The van der Waals surface area contributed by atoms with Crippen LogP contribution in [0, 0.1) is 6.92 Å². The molecule has 0 unspecified atom stereocenters. The Morgan fingerprint density at radius 1 is 1.21 bits per heavy atom. The van der Waals surface area contributed by atoms with Crippen LogP contribution in [0.1, 0.15) is 34.4 Å². The first-order valence-electron chi connectivity index (χ1n) is 6.30. The van der Waals surface area contributed by atoms with Crippen LogP contribution in [0.25, 0.3) is 11.0 Å². The fourth-order valence-electron chi connectivity index (χ4n) is 2.22. The third-order valence-electron chi connectivity index (χ3n) is 3.21. The van der Waals surface area contributed by atoms with Gasteiger partial charge in [0.15, 0.2) is 5.76 Å². The lowest BCUT2D eigenvalue weighted by molar-refractivity contribution is 0.101. The summed E-state index contributed by atoms with van der Waals surface area (Å²) in [4.78, 5) is 12.4. The van der Waals surface area contributed by atoms with Gasteiger partial charge in [0.1, 0.15) is 11.3 Å². The largest absolute Gasteiger partial charge is 0.469 e. The average Bonchev–Trinajstić information content (AvgIpc) is 3.03. The Kier molecular flexibility index (Phi) is 2.75. The summed E-state index contributed by atoms with van der Waals surface area (Å²) in [6.45, 7) is 3.97. The van der Waals surface area contributed by atoms with Crippen molar-refractivity contribution in [3.8, 4) is 0 Å². The fourth-order valence-corrected chi connectivity index (χ4v) is 2.22. The first kappa shape index (κ1) is 11.8. The third-order valence-corrected chi connectivity index (χ3v) is 3.21. The second kappa shape index (κ2) is 4.43. The summed E-state index contributed by atoms with van der Waals surface area (Å²) in [5.74, 6) is 0.929. The smallest absolute Gasteiger partial charge is 0.231 e. The third kappa shape index (κ3) is 1.97. The highest BCUT2D eigenvalue weighted by atomic mass is 16.3. The molecule has 3 nitrogen and oxygen atoms in total. The van der Waals surface area contributed by atoms with Crippen molar-refractivity contribution in [2.45, 2.75) is 20.3 Å². The number of hydrogen-bond donors (Lipinski definition) is 0. The SMILES string of the molecule is CCc1occc1C(=O)c1cc2cc(C)ccc2o1. The van der Waals surface area contributed by atoms with Crippen LogP contribution in [-0.2, 0) is 6.42 Å². The van der Waals surface area contributed by atoms with Crippen molar-refractivity contribution in [3.05, 3.63) is 59.2 Å². The molecule has 0 amide bonds. The van der Waals surface area contributed by atoms with Gasteiger partial charge in [-0.3, -0.25) is 4.79 Å². The molecule has 3 heteroatoms. The minimum atomic E-state index is -0.126. The molecule has 3 rings (SSSR count). The Bertz CT molecular complexity index is 746. The first-order chi connectivity index (χ1) is 9.19. The summed E-state index contributed by atoms with van der Waals surface area (Å²) in [6.07, 6.45) is 2.23. The molecule has 0 saturated carbocycles. The molecular weight excluding hydrogens is 240 g/mol. The molecule has 0 N–H and O–H groups in total. The van der Waals surface area contributed by atoms with Crippen LogP contribution in [0.3, 0.4) is 0 Å². The first-order valence-corrected chi connectivity index (χ1v) is 6.30. The number of aryl methyl sites for hydroxylation is 2. The van der Waals surface area contributed by atoms with Crippen LogP contribution in [0.15, 0.2) is 45.4 Å². The van der Waals surface area contributed by atoms with Crippen LogP contribution in [0.4, 0.5) is 0 Å². The maximum atomic E-state index is 12.4. The second-order valence-electron chi connectivity index (χ2n) is 4.59. The summed E-state index contributed by atoms with van der Waals surface area (Å²) in [5, 5.41) is 0.949. The number of furan rings is 2. The summed E-state index contributed by atoms with van der Waals surface area (Å²) < 4.78 is 10.9. The molecule has 1 aromatic carbocycles. The van der Waals surface area contributed by atoms with E-state index in [1.54, 1.807) is 18.4 Å². The molecule has 0 aliphatic rings. The number of benzene rings is 1. The van der Waals surface area contributed by atoms with Gasteiger partial charge in [-0.15, -0.1) is 0 Å². The van der Waals surface area contributed by atoms with E-state index in [1.807, 2.05) is 32.0 Å². The van der Waals surface area contributed by atoms with E-state index in [4.69, 9.17) is 8.83 Å². The van der Waals surface area contributed by atoms with Gasteiger partial charge < -0.3 is 8.83 Å². The standard InChI is InChI=1S/C16H14O3/c1-3-13-12(6-7-18-13)16(17)15-9-11-8-10(2)4-5-14(11)19-15/h4-9H,3H2,1-2H3. The maximum Gasteiger partial charge on any atom is 0.231 e. The zero-order valence-electron chi connectivity index (χ0n) is 10.9. The zero-order chi connectivity index (χ0) is 13.4. The van der Waals surface area contributed by atoms with E-state index in [-0.39, 0.29) is 5.78 Å². The second-order valence-corrected chi connectivity index (χ2v) is 4.59. The molecule has 0 aliphatic heterocycles. The van der Waals surface area contributed by atoms with Gasteiger partial charge in [-0.1, -0.05) is 18.6 Å². The van der Waals surface area contributed by atoms with Gasteiger partial charge in [0.2, 0.25) is 5.78 Å². The van der Waals surface area contributed by atoms with Crippen molar-refractivity contribution in [2.75, 3.05) is 0 Å². The molecule has 0 saturated heterocycles. The Morgan fingerprint density at radius 2 is 2.05 bits per heavy atom. The highest BCUT2D eigenvalue weighted by Gasteiger charge is 2.19. The number of carbonyl (C=O) groups is 1. The van der Waals surface area contributed by atoms with E-state index >= 15 is 0 Å². The van der Waals surface area contributed by atoms with Gasteiger partial charge in [-0.25, -0.2) is 0 Å². The van der Waals surface area contributed by atoms with Crippen molar-refractivity contribution in [1.82, 2.24) is 0 Å². The van der Waals surface area contributed by atoms with Crippen molar-refractivity contribution in [2.24, 2.45) is 0 Å². The van der Waals surface area contributed by atoms with Crippen molar-refractivity contribution in [1.29, 1.82) is 0 Å². The van der Waals surface area contributed by atoms with Gasteiger partial charge in [0.25, 0.3) is 0 Å². The molecule has 2 heterocycles. The Labute approximate surface area is 110 Å². The van der Waals surface area contributed by atoms with Gasteiger partial charge >= 0.3 is 0 Å². The predicted molar refractivity (Wildman–Crippen MR) is 72.5 cm³/mol. The van der Waals surface area contributed by atoms with Gasteiger partial charge in [-0.2, -0.15) is 0 Å². The van der Waals surface area contributed by atoms with Crippen LogP contribution < -0.4 is 0 Å². The van der Waals surface area contributed by atoms with E-state index in [1.165, 1.54) is 0 Å². The lowest BCUT2D eigenvalue weighted by Gasteiger charge is -1.96. The molecule has 96 valence electrons. The molecule has 3 aromatic rings. The molecule has 0 bridgehead atoms. The maximum absolute atomic E-state index is 12.4. The molecule has 2 aromatic heterocycles. The molecule has 0 spiro atoms.